The molecule has 0 saturated heterocycles. The van der Waals surface area contributed by atoms with Crippen LogP contribution in [0.25, 0.3) is 0 Å². The van der Waals surface area contributed by atoms with Crippen molar-refractivity contribution in [3.63, 3.8) is 0 Å². The Kier molecular flexibility index (Phi) is 6.45. The van der Waals surface area contributed by atoms with Crippen molar-refractivity contribution in [3.8, 4) is 0 Å². The minimum atomic E-state index is -6.54. The van der Waals surface area contributed by atoms with Gasteiger partial charge in [0.2, 0.25) is 8.16 Å². The number of fused-ring (bicyclic) bond motifs is 1. The molecule has 0 amide bonds. The Morgan fingerprint density at radius 3 is 1.29 bits per heavy atom. The van der Waals surface area contributed by atoms with E-state index >= 15 is 0 Å². The number of hydrogen-bond donors (Lipinski definition) is 6. The second kappa shape index (κ2) is 7.59. The molecule has 34 heavy (non-hydrogen) atoms. The zero-order chi connectivity index (χ0) is 27.1. The normalized spacial score (nSPS) is 19.4. The molecule has 1 aromatic carbocycles. The lowest BCUT2D eigenvalue weighted by Crippen LogP contribution is -2.60. The second-order valence-electron chi connectivity index (χ2n) is 6.79. The maximum Gasteiger partial charge on any atom is 0.296 e. The van der Waals surface area contributed by atoms with Gasteiger partial charge < -0.3 is 0 Å². The summed E-state index contributed by atoms with van der Waals surface area (Å²) in [5.41, 5.74) is -3.57. The van der Waals surface area contributed by atoms with Crippen LogP contribution in [-0.2, 0) is 71.2 Å². The van der Waals surface area contributed by atoms with Crippen LogP contribution in [0.4, 0.5) is 0 Å². The summed E-state index contributed by atoms with van der Waals surface area (Å²) in [7, 11) is -37.9. The molecule has 0 spiro atoms. The first-order valence-corrected chi connectivity index (χ1v) is 16.3. The van der Waals surface area contributed by atoms with Crippen molar-refractivity contribution < 1.29 is 77.8 Å². The molecule has 196 valence electrons. The largest absolute Gasteiger partial charge is 0.296 e. The van der Waals surface area contributed by atoms with E-state index in [0.29, 0.717) is 0 Å². The van der Waals surface area contributed by atoms with Crippen LogP contribution in [-0.4, -0.2) is 81.9 Å². The highest BCUT2D eigenvalue weighted by atomic mass is 32.3. The standard InChI is InChI=1S/C10H12O18S6/c11-29(12,13)7-2-1-6-5(8(7)30(14,15)16)3-9(31(17,18)19,32(20,21)22)4-10(6,33(23,24)25)34(26,27)28/h1-2H,3-4H2,(H,11,12,13)(H,14,15,16)(H,17,18,19)(H,20,21,22)(H,23,24,25)(H,26,27,28). The highest BCUT2D eigenvalue weighted by molar-refractivity contribution is 8.06. The molecule has 0 unspecified atom stereocenters. The molecule has 0 atom stereocenters. The van der Waals surface area contributed by atoms with E-state index in [0.717, 1.165) is 0 Å². The Bertz CT molecular complexity index is 1660. The summed E-state index contributed by atoms with van der Waals surface area (Å²) in [6.07, 6.45) is -4.79. The Morgan fingerprint density at radius 2 is 1.00 bits per heavy atom. The number of benzene rings is 1. The van der Waals surface area contributed by atoms with Gasteiger partial charge in [0.05, 0.1) is 0 Å². The summed E-state index contributed by atoms with van der Waals surface area (Å²) >= 11 is 0. The SMILES string of the molecule is O=S(=O)(O)c1ccc2c(c1S(=O)(=O)O)CC(S(=O)(=O)O)(S(=O)(=O)O)CC2(S(=O)(=O)O)S(=O)(=O)O. The number of hydrogen-bond acceptors (Lipinski definition) is 12. The van der Waals surface area contributed by atoms with Crippen LogP contribution in [0.5, 0.6) is 0 Å². The molecule has 0 saturated carbocycles. The number of rotatable bonds is 6. The zero-order valence-electron chi connectivity index (χ0n) is 15.6. The van der Waals surface area contributed by atoms with Crippen molar-refractivity contribution in [3.05, 3.63) is 23.3 Å². The van der Waals surface area contributed by atoms with Crippen LogP contribution >= 0.6 is 0 Å². The molecular formula is C10H12O18S6. The Balaban J connectivity index is 3.54. The third-order valence-electron chi connectivity index (χ3n) is 4.89. The van der Waals surface area contributed by atoms with Crippen LogP contribution < -0.4 is 0 Å². The first kappa shape index (κ1) is 28.9. The summed E-state index contributed by atoms with van der Waals surface area (Å²) in [6.45, 7) is 0. The first-order chi connectivity index (χ1) is 14.7. The van der Waals surface area contributed by atoms with Gasteiger partial charge in [-0.25, -0.2) is 0 Å². The summed E-state index contributed by atoms with van der Waals surface area (Å²) in [4.78, 5) is -4.07. The van der Waals surface area contributed by atoms with E-state index in [2.05, 4.69) is 0 Å². The quantitative estimate of drug-likeness (QED) is 0.181. The minimum absolute atomic E-state index is 0.0204. The highest BCUT2D eigenvalue weighted by Gasteiger charge is 2.71. The lowest BCUT2D eigenvalue weighted by molar-refractivity contribution is 0.364. The van der Waals surface area contributed by atoms with E-state index < -0.39 is 103 Å². The molecule has 2 rings (SSSR count). The predicted molar refractivity (Wildman–Crippen MR) is 105 cm³/mol. The van der Waals surface area contributed by atoms with E-state index in [1.54, 1.807) is 0 Å². The fourth-order valence-electron chi connectivity index (χ4n) is 3.50. The van der Waals surface area contributed by atoms with Crippen molar-refractivity contribution >= 4 is 60.7 Å². The Labute approximate surface area is 192 Å². The molecular weight excluding hydrogens is 600 g/mol. The van der Waals surface area contributed by atoms with Gasteiger partial charge in [0.25, 0.3) is 60.7 Å². The molecule has 0 heterocycles. The van der Waals surface area contributed by atoms with Crippen molar-refractivity contribution in [1.29, 1.82) is 0 Å². The highest BCUT2D eigenvalue weighted by Crippen LogP contribution is 2.54. The van der Waals surface area contributed by atoms with Gasteiger partial charge in [-0.2, -0.15) is 50.5 Å². The molecule has 0 bridgehead atoms. The van der Waals surface area contributed by atoms with Gasteiger partial charge in [-0.05, 0) is 17.2 Å². The molecule has 6 N–H and O–H groups in total. The van der Waals surface area contributed by atoms with E-state index in [9.17, 15) is 77.8 Å². The van der Waals surface area contributed by atoms with Crippen LogP contribution in [0.15, 0.2) is 21.9 Å². The molecule has 1 aliphatic carbocycles. The van der Waals surface area contributed by atoms with E-state index in [1.807, 2.05) is 0 Å². The van der Waals surface area contributed by atoms with Crippen LogP contribution in [0.2, 0.25) is 0 Å². The van der Waals surface area contributed by atoms with E-state index in [4.69, 9.17) is 0 Å². The van der Waals surface area contributed by atoms with Gasteiger partial charge in [0.1, 0.15) is 9.79 Å². The van der Waals surface area contributed by atoms with Gasteiger partial charge >= 0.3 is 0 Å². The van der Waals surface area contributed by atoms with Crippen molar-refractivity contribution in [2.75, 3.05) is 0 Å². The van der Waals surface area contributed by atoms with Crippen molar-refractivity contribution in [2.24, 2.45) is 0 Å². The molecule has 0 aliphatic heterocycles. The fraction of sp³-hybridized carbons (Fsp3) is 0.400. The molecule has 0 fully saturated rings. The fourth-order valence-corrected chi connectivity index (χ4v) is 11.3. The molecule has 18 nitrogen and oxygen atoms in total. The predicted octanol–water partition coefficient (Wildman–Crippen LogP) is -2.47. The molecule has 0 aromatic heterocycles. The summed E-state index contributed by atoms with van der Waals surface area (Å²) in [5.74, 6) is 0. The maximum atomic E-state index is 12.2. The summed E-state index contributed by atoms with van der Waals surface area (Å²) in [5, 5.41) is 0. The van der Waals surface area contributed by atoms with Gasteiger partial charge in [0, 0.05) is 12.8 Å². The lowest BCUT2D eigenvalue weighted by atomic mass is 9.89. The van der Waals surface area contributed by atoms with Crippen LogP contribution in [0.3, 0.4) is 0 Å². The topological polar surface area (TPSA) is 326 Å². The lowest BCUT2D eigenvalue weighted by Gasteiger charge is -2.41. The van der Waals surface area contributed by atoms with Crippen molar-refractivity contribution in [1.82, 2.24) is 0 Å². The Morgan fingerprint density at radius 1 is 0.588 bits per heavy atom. The average Bonchev–Trinajstić information content (AvgIpc) is 2.53. The summed E-state index contributed by atoms with van der Waals surface area (Å²) in [6, 6.07) is -0.0250. The molecule has 1 aliphatic rings. The van der Waals surface area contributed by atoms with Gasteiger partial charge in [0.15, 0.2) is 0 Å². The minimum Gasteiger partial charge on any atom is -0.284 e. The second-order valence-corrected chi connectivity index (χ2v) is 16.8. The summed E-state index contributed by atoms with van der Waals surface area (Å²) < 4.78 is 192. The van der Waals surface area contributed by atoms with Crippen LogP contribution in [0, 0.1) is 0 Å². The van der Waals surface area contributed by atoms with E-state index in [-0.39, 0.29) is 12.1 Å². The van der Waals surface area contributed by atoms with Gasteiger partial charge in [-0.3, -0.25) is 27.3 Å². The van der Waals surface area contributed by atoms with Crippen LogP contribution in [0.1, 0.15) is 17.5 Å². The molecule has 24 heteroatoms. The first-order valence-electron chi connectivity index (χ1n) is 7.65. The van der Waals surface area contributed by atoms with Gasteiger partial charge in [-0.1, -0.05) is 6.07 Å². The Hall–Kier alpha value is -1.32. The monoisotopic (exact) mass is 612 g/mol. The van der Waals surface area contributed by atoms with Crippen molar-refractivity contribution in [2.45, 2.75) is 30.8 Å². The average molecular weight is 613 g/mol. The smallest absolute Gasteiger partial charge is 0.284 e. The zero-order valence-corrected chi connectivity index (χ0v) is 20.5. The third-order valence-corrected chi connectivity index (χ3v) is 14.3. The molecule has 1 aromatic rings. The van der Waals surface area contributed by atoms with E-state index in [1.165, 1.54) is 0 Å². The maximum absolute atomic E-state index is 12.2. The third kappa shape index (κ3) is 4.15. The van der Waals surface area contributed by atoms with Gasteiger partial charge in [-0.15, -0.1) is 0 Å². The molecule has 0 radical (unpaired) electrons.